The van der Waals surface area contributed by atoms with Crippen LogP contribution in [0.25, 0.3) is 0 Å². The Labute approximate surface area is 95.7 Å². The molecule has 2 fully saturated rings. The normalized spacial score (nSPS) is 26.2. The van der Waals surface area contributed by atoms with Crippen molar-refractivity contribution in [2.45, 2.75) is 37.6 Å². The maximum absolute atomic E-state index is 12.1. The highest BCUT2D eigenvalue weighted by Crippen LogP contribution is 2.41. The minimum absolute atomic E-state index is 0.168. The van der Waals surface area contributed by atoms with E-state index in [2.05, 4.69) is 0 Å². The predicted octanol–water partition coefficient (Wildman–Crippen LogP) is 0.898. The van der Waals surface area contributed by atoms with Crippen LogP contribution < -0.4 is 0 Å². The maximum Gasteiger partial charge on any atom is 0.471 e. The van der Waals surface area contributed by atoms with Crippen LogP contribution in [0.3, 0.4) is 0 Å². The zero-order valence-corrected chi connectivity index (χ0v) is 9.43. The summed E-state index contributed by atoms with van der Waals surface area (Å²) in [6.07, 6.45) is -4.72. The van der Waals surface area contributed by atoms with Gasteiger partial charge < -0.3 is 9.64 Å². The highest BCUT2D eigenvalue weighted by Gasteiger charge is 2.62. The Bertz CT molecular complexity index is 383. The zero-order valence-electron chi connectivity index (χ0n) is 9.43. The standard InChI is InChI=1S/C10H12F3NO3/c1-8(2)3-6(15)9(17-8)4-14(5-9)7(16)10(11,12)13/h3-5H2,1-2H3. The molecule has 0 aromatic rings. The van der Waals surface area contributed by atoms with E-state index >= 15 is 0 Å². The van der Waals surface area contributed by atoms with Gasteiger partial charge in [-0.15, -0.1) is 0 Å². The molecule has 0 unspecified atom stereocenters. The topological polar surface area (TPSA) is 46.6 Å². The fraction of sp³-hybridized carbons (Fsp3) is 0.800. The van der Waals surface area contributed by atoms with Crippen molar-refractivity contribution in [1.29, 1.82) is 0 Å². The highest BCUT2D eigenvalue weighted by atomic mass is 19.4. The summed E-state index contributed by atoms with van der Waals surface area (Å²) in [7, 11) is 0. The monoisotopic (exact) mass is 251 g/mol. The molecule has 0 saturated carbocycles. The van der Waals surface area contributed by atoms with Gasteiger partial charge in [-0.2, -0.15) is 13.2 Å². The molecule has 0 atom stereocenters. The van der Waals surface area contributed by atoms with Crippen molar-refractivity contribution in [2.24, 2.45) is 0 Å². The van der Waals surface area contributed by atoms with Crippen molar-refractivity contribution < 1.29 is 27.5 Å². The van der Waals surface area contributed by atoms with E-state index in [0.717, 1.165) is 0 Å². The summed E-state index contributed by atoms with van der Waals surface area (Å²) in [6.45, 7) is 2.81. The third kappa shape index (κ3) is 1.92. The molecule has 96 valence electrons. The average molecular weight is 251 g/mol. The van der Waals surface area contributed by atoms with Crippen LogP contribution >= 0.6 is 0 Å². The van der Waals surface area contributed by atoms with Gasteiger partial charge in [0.25, 0.3) is 0 Å². The molecule has 2 aliphatic rings. The number of alkyl halides is 3. The second kappa shape index (κ2) is 3.22. The van der Waals surface area contributed by atoms with Gasteiger partial charge in [0.15, 0.2) is 11.4 Å². The van der Waals surface area contributed by atoms with Crippen LogP contribution in [0.1, 0.15) is 20.3 Å². The third-order valence-electron chi connectivity index (χ3n) is 2.99. The van der Waals surface area contributed by atoms with Crippen LogP contribution in [0.4, 0.5) is 13.2 Å². The summed E-state index contributed by atoms with van der Waals surface area (Å²) >= 11 is 0. The Morgan fingerprint density at radius 2 is 1.88 bits per heavy atom. The van der Waals surface area contributed by atoms with E-state index in [9.17, 15) is 22.8 Å². The van der Waals surface area contributed by atoms with Gasteiger partial charge in [0.05, 0.1) is 18.7 Å². The van der Waals surface area contributed by atoms with Gasteiger partial charge >= 0.3 is 12.1 Å². The van der Waals surface area contributed by atoms with E-state index in [1.54, 1.807) is 13.8 Å². The molecule has 4 nitrogen and oxygen atoms in total. The van der Waals surface area contributed by atoms with Crippen LogP contribution in [0.2, 0.25) is 0 Å². The number of Topliss-reactive ketones (excluding diaryl/α,β-unsaturated/α-hetero) is 1. The first-order chi connectivity index (χ1) is 7.56. The largest absolute Gasteiger partial charge is 0.471 e. The van der Waals surface area contributed by atoms with E-state index in [1.807, 2.05) is 0 Å². The van der Waals surface area contributed by atoms with Crippen molar-refractivity contribution in [2.75, 3.05) is 13.1 Å². The molecule has 2 heterocycles. The maximum atomic E-state index is 12.1. The Hall–Kier alpha value is -1.11. The van der Waals surface area contributed by atoms with Gasteiger partial charge in [0.2, 0.25) is 0 Å². The highest BCUT2D eigenvalue weighted by molar-refractivity contribution is 5.94. The first-order valence-corrected chi connectivity index (χ1v) is 5.15. The van der Waals surface area contributed by atoms with Crippen molar-refractivity contribution in [1.82, 2.24) is 4.90 Å². The van der Waals surface area contributed by atoms with Crippen LogP contribution in [0.15, 0.2) is 0 Å². The second-order valence-electron chi connectivity index (χ2n) is 5.11. The smallest absolute Gasteiger partial charge is 0.357 e. The molecule has 0 aromatic carbocycles. The SMILES string of the molecule is CC1(C)CC(=O)C2(CN(C(=O)C(F)(F)F)C2)O1. The molecule has 1 spiro atoms. The molecule has 17 heavy (non-hydrogen) atoms. The molecular formula is C10H12F3NO3. The number of likely N-dealkylation sites (tertiary alicyclic amines) is 1. The Morgan fingerprint density at radius 3 is 2.24 bits per heavy atom. The van der Waals surface area contributed by atoms with E-state index < -0.39 is 23.3 Å². The molecule has 0 radical (unpaired) electrons. The summed E-state index contributed by atoms with van der Waals surface area (Å²) in [4.78, 5) is 23.2. The molecule has 0 N–H and O–H groups in total. The minimum Gasteiger partial charge on any atom is -0.357 e. The fourth-order valence-electron chi connectivity index (χ4n) is 2.30. The summed E-state index contributed by atoms with van der Waals surface area (Å²) in [6, 6.07) is 0. The van der Waals surface area contributed by atoms with Gasteiger partial charge in [-0.25, -0.2) is 0 Å². The first kappa shape index (κ1) is 12.3. The number of carbonyl (C=O) groups is 2. The lowest BCUT2D eigenvalue weighted by Crippen LogP contribution is -2.68. The number of ketones is 1. The van der Waals surface area contributed by atoms with Gasteiger partial charge in [-0.1, -0.05) is 0 Å². The quantitative estimate of drug-likeness (QED) is 0.642. The van der Waals surface area contributed by atoms with Gasteiger partial charge in [0.1, 0.15) is 0 Å². The van der Waals surface area contributed by atoms with E-state index in [1.165, 1.54) is 0 Å². The van der Waals surface area contributed by atoms with Gasteiger partial charge in [-0.3, -0.25) is 9.59 Å². The number of hydrogen-bond acceptors (Lipinski definition) is 3. The van der Waals surface area contributed by atoms with Crippen LogP contribution in [-0.4, -0.2) is 47.1 Å². The minimum atomic E-state index is -4.89. The number of carbonyl (C=O) groups excluding carboxylic acids is 2. The van der Waals surface area contributed by atoms with Gasteiger partial charge in [0, 0.05) is 6.42 Å². The lowest BCUT2D eigenvalue weighted by molar-refractivity contribution is -0.211. The summed E-state index contributed by atoms with van der Waals surface area (Å²) < 4.78 is 41.9. The number of amides is 1. The molecule has 1 amide bonds. The molecule has 2 saturated heterocycles. The second-order valence-corrected chi connectivity index (χ2v) is 5.11. The summed E-state index contributed by atoms with van der Waals surface area (Å²) in [5.74, 6) is -2.14. The summed E-state index contributed by atoms with van der Waals surface area (Å²) in [5, 5.41) is 0. The van der Waals surface area contributed by atoms with E-state index in [4.69, 9.17) is 4.74 Å². The zero-order chi connectivity index (χ0) is 13.1. The van der Waals surface area contributed by atoms with Crippen molar-refractivity contribution >= 4 is 11.7 Å². The predicted molar refractivity (Wildman–Crippen MR) is 50.2 cm³/mol. The Balaban J connectivity index is 2.04. The van der Waals surface area contributed by atoms with E-state index in [0.29, 0.717) is 4.90 Å². The number of ether oxygens (including phenoxy) is 1. The number of hydrogen-bond donors (Lipinski definition) is 0. The first-order valence-electron chi connectivity index (χ1n) is 5.15. The Morgan fingerprint density at radius 1 is 1.35 bits per heavy atom. The van der Waals surface area contributed by atoms with Crippen LogP contribution in [0, 0.1) is 0 Å². The molecule has 2 rings (SSSR count). The molecule has 0 aromatic heterocycles. The Kier molecular flexibility index (Phi) is 2.34. The summed E-state index contributed by atoms with van der Waals surface area (Å²) in [5.41, 5.74) is -1.87. The van der Waals surface area contributed by atoms with Crippen LogP contribution in [-0.2, 0) is 14.3 Å². The molecule has 7 heteroatoms. The van der Waals surface area contributed by atoms with Crippen molar-refractivity contribution in [3.63, 3.8) is 0 Å². The number of nitrogens with zero attached hydrogens (tertiary/aromatic N) is 1. The lowest BCUT2D eigenvalue weighted by Gasteiger charge is -2.46. The molecule has 0 aliphatic carbocycles. The number of halogens is 3. The van der Waals surface area contributed by atoms with Gasteiger partial charge in [-0.05, 0) is 13.8 Å². The van der Waals surface area contributed by atoms with Crippen LogP contribution in [0.5, 0.6) is 0 Å². The molecule has 2 aliphatic heterocycles. The lowest BCUT2D eigenvalue weighted by atomic mass is 9.88. The third-order valence-corrected chi connectivity index (χ3v) is 2.99. The fourth-order valence-corrected chi connectivity index (χ4v) is 2.30. The molecular weight excluding hydrogens is 239 g/mol. The van der Waals surface area contributed by atoms with E-state index in [-0.39, 0.29) is 25.3 Å². The van der Waals surface area contributed by atoms with Crippen molar-refractivity contribution in [3.8, 4) is 0 Å². The van der Waals surface area contributed by atoms with Crippen molar-refractivity contribution in [3.05, 3.63) is 0 Å². The molecule has 0 bridgehead atoms. The number of rotatable bonds is 0. The average Bonchev–Trinajstić information content (AvgIpc) is 2.30.